The number of halogens is 1. The maximum absolute atomic E-state index is 13.2. The lowest BCUT2D eigenvalue weighted by Gasteiger charge is -2.29. The Labute approximate surface area is 164 Å². The van der Waals surface area contributed by atoms with Crippen LogP contribution in [0.5, 0.6) is 0 Å². The van der Waals surface area contributed by atoms with Crippen molar-refractivity contribution in [2.75, 3.05) is 13.1 Å². The number of amides is 1. The minimum atomic E-state index is -0.0437. The van der Waals surface area contributed by atoms with Gasteiger partial charge in [0, 0.05) is 47.7 Å². The van der Waals surface area contributed by atoms with Gasteiger partial charge in [0.05, 0.1) is 11.1 Å². The third kappa shape index (κ3) is 3.68. The summed E-state index contributed by atoms with van der Waals surface area (Å²) < 4.78 is 0. The molecule has 3 aromatic rings. The number of carbonyl (C=O) groups is 1. The number of likely N-dealkylation sites (N-methyl/N-ethyl adjacent to an activating group) is 1. The van der Waals surface area contributed by atoms with Crippen LogP contribution in [0.1, 0.15) is 34.1 Å². The zero-order valence-electron chi connectivity index (χ0n) is 15.3. The van der Waals surface area contributed by atoms with Crippen molar-refractivity contribution in [3.05, 3.63) is 75.9 Å². The smallest absolute Gasteiger partial charge is 0.252 e. The van der Waals surface area contributed by atoms with Crippen molar-refractivity contribution in [2.45, 2.75) is 26.4 Å². The number of rotatable bonds is 4. The van der Waals surface area contributed by atoms with E-state index in [1.165, 1.54) is 0 Å². The van der Waals surface area contributed by atoms with E-state index in [4.69, 9.17) is 16.6 Å². The standard InChI is InChI=1S/C22H22ClN3O/c1-2-26-12-11-20-18(14-26)21(17-5-3-4-6-19(17)25-20)22(27)24-13-15-7-9-16(23)10-8-15/h3-10H,2,11-14H2,1H3,(H,24,27). The van der Waals surface area contributed by atoms with E-state index in [0.29, 0.717) is 11.6 Å². The van der Waals surface area contributed by atoms with Gasteiger partial charge in [-0.3, -0.25) is 14.7 Å². The van der Waals surface area contributed by atoms with E-state index in [2.05, 4.69) is 17.1 Å². The van der Waals surface area contributed by atoms with Crippen molar-refractivity contribution >= 4 is 28.4 Å². The topological polar surface area (TPSA) is 45.2 Å². The van der Waals surface area contributed by atoms with Crippen LogP contribution < -0.4 is 5.32 Å². The SMILES string of the molecule is CCN1CCc2nc3ccccc3c(C(=O)NCc3ccc(Cl)cc3)c2C1. The summed E-state index contributed by atoms with van der Waals surface area (Å²) >= 11 is 5.94. The Kier molecular flexibility index (Phi) is 5.10. The lowest BCUT2D eigenvalue weighted by molar-refractivity contribution is 0.0949. The third-order valence-electron chi connectivity index (χ3n) is 5.17. The summed E-state index contributed by atoms with van der Waals surface area (Å²) in [5, 5.41) is 4.69. The molecule has 0 unspecified atom stereocenters. The number of nitrogens with one attached hydrogen (secondary N) is 1. The Morgan fingerprint density at radius 1 is 1.19 bits per heavy atom. The predicted octanol–water partition coefficient (Wildman–Crippen LogP) is 4.20. The lowest BCUT2D eigenvalue weighted by atomic mass is 9.95. The summed E-state index contributed by atoms with van der Waals surface area (Å²) in [6.07, 6.45) is 0.880. The van der Waals surface area contributed by atoms with Gasteiger partial charge in [0.15, 0.2) is 0 Å². The fourth-order valence-electron chi connectivity index (χ4n) is 3.65. The van der Waals surface area contributed by atoms with Crippen molar-refractivity contribution < 1.29 is 4.79 Å². The van der Waals surface area contributed by atoms with Gasteiger partial charge in [-0.1, -0.05) is 48.9 Å². The first-order valence-corrected chi connectivity index (χ1v) is 9.69. The van der Waals surface area contributed by atoms with E-state index in [-0.39, 0.29) is 5.91 Å². The third-order valence-corrected chi connectivity index (χ3v) is 5.42. The normalized spacial score (nSPS) is 14.1. The van der Waals surface area contributed by atoms with Gasteiger partial charge in [-0.05, 0) is 30.3 Å². The Hall–Kier alpha value is -2.43. The molecule has 27 heavy (non-hydrogen) atoms. The highest BCUT2D eigenvalue weighted by Crippen LogP contribution is 2.28. The molecule has 0 bridgehead atoms. The highest BCUT2D eigenvalue weighted by molar-refractivity contribution is 6.30. The van der Waals surface area contributed by atoms with Crippen molar-refractivity contribution in [3.8, 4) is 0 Å². The predicted molar refractivity (Wildman–Crippen MR) is 109 cm³/mol. The van der Waals surface area contributed by atoms with Crippen LogP contribution in [0.2, 0.25) is 5.02 Å². The Morgan fingerprint density at radius 2 is 1.96 bits per heavy atom. The van der Waals surface area contributed by atoms with Gasteiger partial charge in [0.2, 0.25) is 0 Å². The number of pyridine rings is 1. The van der Waals surface area contributed by atoms with Gasteiger partial charge in [0.25, 0.3) is 5.91 Å². The highest BCUT2D eigenvalue weighted by Gasteiger charge is 2.25. The molecule has 0 radical (unpaired) electrons. The summed E-state index contributed by atoms with van der Waals surface area (Å²) in [7, 11) is 0. The quantitative estimate of drug-likeness (QED) is 0.739. The number of fused-ring (bicyclic) bond motifs is 2. The average Bonchev–Trinajstić information content (AvgIpc) is 2.71. The van der Waals surface area contributed by atoms with E-state index in [1.54, 1.807) is 0 Å². The number of carbonyl (C=O) groups excluding carboxylic acids is 1. The van der Waals surface area contributed by atoms with Crippen molar-refractivity contribution in [2.24, 2.45) is 0 Å². The second-order valence-corrected chi connectivity index (χ2v) is 7.29. The molecule has 1 amide bonds. The van der Waals surface area contributed by atoms with Crippen LogP contribution in [0.3, 0.4) is 0 Å². The minimum Gasteiger partial charge on any atom is -0.348 e. The molecular weight excluding hydrogens is 358 g/mol. The summed E-state index contributed by atoms with van der Waals surface area (Å²) in [5.41, 5.74) is 4.79. The first-order valence-electron chi connectivity index (χ1n) is 9.31. The number of aromatic nitrogens is 1. The molecule has 4 rings (SSSR count). The van der Waals surface area contributed by atoms with Gasteiger partial charge in [-0.2, -0.15) is 0 Å². The van der Waals surface area contributed by atoms with Crippen molar-refractivity contribution in [1.29, 1.82) is 0 Å². The molecule has 0 aliphatic carbocycles. The Balaban J connectivity index is 1.70. The van der Waals surface area contributed by atoms with Gasteiger partial charge in [0.1, 0.15) is 0 Å². The zero-order chi connectivity index (χ0) is 18.8. The molecule has 1 aliphatic heterocycles. The van der Waals surface area contributed by atoms with Crippen LogP contribution in [-0.2, 0) is 19.5 Å². The maximum Gasteiger partial charge on any atom is 0.252 e. The minimum absolute atomic E-state index is 0.0437. The van der Waals surface area contributed by atoms with E-state index >= 15 is 0 Å². The Bertz CT molecular complexity index is 985. The lowest BCUT2D eigenvalue weighted by Crippen LogP contribution is -2.34. The molecule has 0 spiro atoms. The number of hydrogen-bond donors (Lipinski definition) is 1. The van der Waals surface area contributed by atoms with Crippen LogP contribution >= 0.6 is 11.6 Å². The molecule has 0 saturated carbocycles. The first-order chi connectivity index (χ1) is 13.2. The van der Waals surface area contributed by atoms with Crippen LogP contribution in [0.15, 0.2) is 48.5 Å². The summed E-state index contributed by atoms with van der Waals surface area (Å²) in [4.78, 5) is 20.4. The molecule has 2 heterocycles. The molecule has 138 valence electrons. The van der Waals surface area contributed by atoms with Crippen LogP contribution in [0, 0.1) is 0 Å². The molecule has 4 nitrogen and oxygen atoms in total. The molecule has 5 heteroatoms. The van der Waals surface area contributed by atoms with Gasteiger partial charge < -0.3 is 5.32 Å². The van der Waals surface area contributed by atoms with E-state index < -0.39 is 0 Å². The second kappa shape index (κ2) is 7.67. The molecule has 1 aliphatic rings. The largest absolute Gasteiger partial charge is 0.348 e. The summed E-state index contributed by atoms with van der Waals surface area (Å²) in [6.45, 7) is 5.35. The highest BCUT2D eigenvalue weighted by atomic mass is 35.5. The maximum atomic E-state index is 13.2. The van der Waals surface area contributed by atoms with Crippen molar-refractivity contribution in [1.82, 2.24) is 15.2 Å². The van der Waals surface area contributed by atoms with Gasteiger partial charge in [-0.15, -0.1) is 0 Å². The van der Waals surface area contributed by atoms with Crippen molar-refractivity contribution in [3.63, 3.8) is 0 Å². The van der Waals surface area contributed by atoms with Crippen LogP contribution in [-0.4, -0.2) is 28.9 Å². The van der Waals surface area contributed by atoms with Gasteiger partial charge in [-0.25, -0.2) is 0 Å². The monoisotopic (exact) mass is 379 g/mol. The number of hydrogen-bond acceptors (Lipinski definition) is 3. The Morgan fingerprint density at radius 3 is 2.74 bits per heavy atom. The molecule has 0 atom stereocenters. The molecule has 1 N–H and O–H groups in total. The first kappa shape index (κ1) is 18.0. The molecule has 0 saturated heterocycles. The number of para-hydroxylation sites is 1. The average molecular weight is 380 g/mol. The van der Waals surface area contributed by atoms with E-state index in [1.807, 2.05) is 48.5 Å². The number of benzene rings is 2. The second-order valence-electron chi connectivity index (χ2n) is 6.86. The fourth-order valence-corrected chi connectivity index (χ4v) is 3.77. The molecule has 0 fully saturated rings. The van der Waals surface area contributed by atoms with Crippen LogP contribution in [0.25, 0.3) is 10.9 Å². The van der Waals surface area contributed by atoms with Crippen LogP contribution in [0.4, 0.5) is 0 Å². The molecular formula is C22H22ClN3O. The van der Waals surface area contributed by atoms with E-state index in [9.17, 15) is 4.79 Å². The zero-order valence-corrected chi connectivity index (χ0v) is 16.1. The fraction of sp³-hybridized carbons (Fsp3) is 0.273. The summed E-state index contributed by atoms with van der Waals surface area (Å²) in [5.74, 6) is -0.0437. The molecule has 1 aromatic heterocycles. The number of nitrogens with zero attached hydrogens (tertiary/aromatic N) is 2. The van der Waals surface area contributed by atoms with Gasteiger partial charge >= 0.3 is 0 Å². The summed E-state index contributed by atoms with van der Waals surface area (Å²) in [6, 6.07) is 15.5. The van der Waals surface area contributed by atoms with E-state index in [0.717, 1.165) is 59.3 Å². The molecule has 2 aromatic carbocycles.